The van der Waals surface area contributed by atoms with Crippen LogP contribution in [0.4, 0.5) is 14.6 Å². The maximum atomic E-state index is 12.7. The Bertz CT molecular complexity index is 1070. The van der Waals surface area contributed by atoms with Gasteiger partial charge in [-0.2, -0.15) is 8.78 Å². The van der Waals surface area contributed by atoms with Crippen molar-refractivity contribution in [1.29, 1.82) is 0 Å². The molecule has 32 heavy (non-hydrogen) atoms. The van der Waals surface area contributed by atoms with E-state index in [4.69, 9.17) is 15.5 Å². The molecule has 12 heteroatoms. The molecule has 8 nitrogen and oxygen atoms in total. The second kappa shape index (κ2) is 8.56. The van der Waals surface area contributed by atoms with E-state index in [1.807, 2.05) is 6.92 Å². The predicted octanol–water partition coefficient (Wildman–Crippen LogP) is 3.77. The van der Waals surface area contributed by atoms with E-state index in [9.17, 15) is 13.6 Å². The first-order valence-electron chi connectivity index (χ1n) is 9.90. The number of ether oxygens (including phenoxy) is 2. The lowest BCUT2D eigenvalue weighted by atomic mass is 9.68. The van der Waals surface area contributed by atoms with E-state index < -0.39 is 18.1 Å². The van der Waals surface area contributed by atoms with Crippen molar-refractivity contribution in [1.82, 2.24) is 9.97 Å². The molecule has 0 aromatic carbocycles. The highest BCUT2D eigenvalue weighted by molar-refractivity contribution is 8.13. The molecular weight excluding hydrogens is 460 g/mol. The standard InChI is InChI=1S/C20H23F2N5O3S2/c1-10-4-12(30-17(21)22)6-24-14(10)15(28)25-13-7-31-16(26-13)20-8-29-11(2)5-19(20,3)9-32-18(23)27-20/h4,6-7,11,17H,5,8-9H2,1-3H3,(H2,23,27)(H,25,28)/t11-,19-,20+/m0/s1. The topological polar surface area (TPSA) is 112 Å². The zero-order chi connectivity index (χ0) is 23.1. The number of halogens is 2. The number of nitrogens with two attached hydrogens (primary N) is 1. The van der Waals surface area contributed by atoms with E-state index in [1.165, 1.54) is 29.2 Å². The Balaban J connectivity index is 1.57. The van der Waals surface area contributed by atoms with Gasteiger partial charge in [-0.15, -0.1) is 11.3 Å². The molecule has 2 aromatic rings. The number of carbonyl (C=O) groups excluding carboxylic acids is 1. The maximum Gasteiger partial charge on any atom is 0.387 e. The molecular formula is C20H23F2N5O3S2. The molecule has 1 saturated heterocycles. The summed E-state index contributed by atoms with van der Waals surface area (Å²) in [5.41, 5.74) is 5.66. The van der Waals surface area contributed by atoms with Crippen LogP contribution in [-0.2, 0) is 10.3 Å². The number of thioether (sulfide) groups is 1. The van der Waals surface area contributed by atoms with Crippen molar-refractivity contribution < 1.29 is 23.0 Å². The van der Waals surface area contributed by atoms with Gasteiger partial charge in [-0.25, -0.2) is 15.0 Å². The van der Waals surface area contributed by atoms with Crippen LogP contribution in [-0.4, -0.2) is 46.1 Å². The fourth-order valence-electron chi connectivity index (χ4n) is 4.12. The summed E-state index contributed by atoms with van der Waals surface area (Å²) in [4.78, 5) is 26.1. The predicted molar refractivity (Wildman–Crippen MR) is 120 cm³/mol. The fraction of sp³-hybridized carbons (Fsp3) is 0.500. The minimum Gasteiger partial charge on any atom is -0.433 e. The third kappa shape index (κ3) is 4.18. The van der Waals surface area contributed by atoms with E-state index in [1.54, 1.807) is 12.3 Å². The van der Waals surface area contributed by atoms with Gasteiger partial charge in [0, 0.05) is 16.5 Å². The number of hydrogen-bond donors (Lipinski definition) is 2. The van der Waals surface area contributed by atoms with Gasteiger partial charge in [0.25, 0.3) is 5.91 Å². The highest BCUT2D eigenvalue weighted by Crippen LogP contribution is 2.54. The van der Waals surface area contributed by atoms with Crippen molar-refractivity contribution >= 4 is 40.0 Å². The van der Waals surface area contributed by atoms with Gasteiger partial charge < -0.3 is 20.5 Å². The molecule has 4 rings (SSSR count). The lowest BCUT2D eigenvalue weighted by molar-refractivity contribution is -0.0861. The molecule has 0 radical (unpaired) electrons. The molecule has 1 amide bonds. The number of hydrogen-bond acceptors (Lipinski definition) is 9. The normalized spacial score (nSPS) is 27.6. The summed E-state index contributed by atoms with van der Waals surface area (Å²) in [6.07, 6.45) is 2.00. The molecule has 4 heterocycles. The van der Waals surface area contributed by atoms with Crippen LogP contribution in [0.2, 0.25) is 0 Å². The summed E-state index contributed by atoms with van der Waals surface area (Å²) in [6, 6.07) is 1.34. The number of thiazole rings is 1. The number of aliphatic imine (C=N–C) groups is 1. The molecule has 2 aromatic heterocycles. The Hall–Kier alpha value is -2.31. The van der Waals surface area contributed by atoms with Gasteiger partial charge in [-0.3, -0.25) is 4.79 Å². The average Bonchev–Trinajstić information content (AvgIpc) is 3.17. The number of alkyl halides is 2. The summed E-state index contributed by atoms with van der Waals surface area (Å²) >= 11 is 2.92. The first kappa shape index (κ1) is 22.9. The van der Waals surface area contributed by atoms with Crippen LogP contribution in [0.5, 0.6) is 5.75 Å². The van der Waals surface area contributed by atoms with E-state index in [0.29, 0.717) is 23.2 Å². The summed E-state index contributed by atoms with van der Waals surface area (Å²) < 4.78 is 35.0. The summed E-state index contributed by atoms with van der Waals surface area (Å²) in [6.45, 7) is 3.21. The summed E-state index contributed by atoms with van der Waals surface area (Å²) in [5, 5.41) is 5.67. The van der Waals surface area contributed by atoms with Crippen molar-refractivity contribution in [2.75, 3.05) is 17.7 Å². The number of amides is 1. The van der Waals surface area contributed by atoms with Crippen molar-refractivity contribution in [3.63, 3.8) is 0 Å². The SMILES string of the molecule is Cc1cc(OC(F)F)cnc1C(=O)Nc1csc([C@]23CO[C@@H](C)C[C@@]2(C)CSC(N)=N3)n1. The number of pyridine rings is 1. The molecule has 0 bridgehead atoms. The van der Waals surface area contributed by atoms with Crippen molar-refractivity contribution in [2.45, 2.75) is 45.4 Å². The Morgan fingerprint density at radius 3 is 2.97 bits per heavy atom. The van der Waals surface area contributed by atoms with Crippen LogP contribution in [0.25, 0.3) is 0 Å². The van der Waals surface area contributed by atoms with Crippen molar-refractivity contribution in [2.24, 2.45) is 16.1 Å². The summed E-state index contributed by atoms with van der Waals surface area (Å²) in [7, 11) is 0. The lowest BCUT2D eigenvalue weighted by Gasteiger charge is -2.51. The van der Waals surface area contributed by atoms with Crippen LogP contribution in [0.1, 0.15) is 41.3 Å². The molecule has 0 saturated carbocycles. The van der Waals surface area contributed by atoms with Gasteiger partial charge in [0.05, 0.1) is 18.9 Å². The lowest BCUT2D eigenvalue weighted by Crippen LogP contribution is -2.56. The highest BCUT2D eigenvalue weighted by atomic mass is 32.2. The number of nitrogens with zero attached hydrogens (tertiary/aromatic N) is 3. The first-order chi connectivity index (χ1) is 15.1. The monoisotopic (exact) mass is 483 g/mol. The smallest absolute Gasteiger partial charge is 0.387 e. The quantitative estimate of drug-likeness (QED) is 0.666. The molecule has 0 aliphatic carbocycles. The van der Waals surface area contributed by atoms with Crippen molar-refractivity contribution in [3.8, 4) is 5.75 Å². The molecule has 2 aliphatic heterocycles. The average molecular weight is 484 g/mol. The van der Waals surface area contributed by atoms with Gasteiger partial charge in [0.15, 0.2) is 5.17 Å². The number of amidine groups is 1. The molecule has 3 atom stereocenters. The van der Waals surface area contributed by atoms with Gasteiger partial charge in [0.2, 0.25) is 0 Å². The van der Waals surface area contributed by atoms with Crippen LogP contribution in [0, 0.1) is 12.3 Å². The number of aryl methyl sites for hydroxylation is 1. The van der Waals surface area contributed by atoms with Gasteiger partial charge in [0.1, 0.15) is 27.8 Å². The van der Waals surface area contributed by atoms with Crippen LogP contribution < -0.4 is 15.8 Å². The maximum absolute atomic E-state index is 12.7. The number of fused-ring (bicyclic) bond motifs is 1. The highest BCUT2D eigenvalue weighted by Gasteiger charge is 2.57. The van der Waals surface area contributed by atoms with Gasteiger partial charge in [-0.1, -0.05) is 18.7 Å². The Morgan fingerprint density at radius 2 is 2.25 bits per heavy atom. The minimum atomic E-state index is -2.96. The Labute approximate surface area is 192 Å². The van der Waals surface area contributed by atoms with Crippen LogP contribution in [0.3, 0.4) is 0 Å². The first-order valence-corrected chi connectivity index (χ1v) is 11.8. The third-order valence-corrected chi connectivity index (χ3v) is 7.91. The Morgan fingerprint density at radius 1 is 1.47 bits per heavy atom. The number of aromatic nitrogens is 2. The van der Waals surface area contributed by atoms with E-state index in [2.05, 4.69) is 26.9 Å². The molecule has 172 valence electrons. The second-order valence-corrected chi connectivity index (χ2v) is 10.0. The third-order valence-electron chi connectivity index (χ3n) is 5.75. The number of anilines is 1. The number of nitrogens with one attached hydrogen (secondary N) is 1. The Kier molecular flexibility index (Phi) is 6.12. The second-order valence-electron chi connectivity index (χ2n) is 8.19. The van der Waals surface area contributed by atoms with Gasteiger partial charge in [-0.05, 0) is 31.9 Å². The molecule has 0 unspecified atom stereocenters. The van der Waals surface area contributed by atoms with Crippen molar-refractivity contribution in [3.05, 3.63) is 33.9 Å². The summed E-state index contributed by atoms with van der Waals surface area (Å²) in [5.74, 6) is 0.541. The van der Waals surface area contributed by atoms with Gasteiger partial charge >= 0.3 is 6.61 Å². The minimum absolute atomic E-state index is 0.0929. The van der Waals surface area contributed by atoms with Crippen LogP contribution in [0.15, 0.2) is 22.6 Å². The molecule has 1 fully saturated rings. The molecule has 3 N–H and O–H groups in total. The van der Waals surface area contributed by atoms with Crippen LogP contribution >= 0.6 is 23.1 Å². The zero-order valence-corrected chi connectivity index (χ0v) is 19.4. The molecule has 2 aliphatic rings. The van der Waals surface area contributed by atoms with E-state index in [0.717, 1.165) is 23.4 Å². The van der Waals surface area contributed by atoms with E-state index >= 15 is 0 Å². The number of carbonyl (C=O) groups is 1. The largest absolute Gasteiger partial charge is 0.433 e. The molecule has 0 spiro atoms. The fourth-order valence-corrected chi connectivity index (χ4v) is 6.19. The number of rotatable bonds is 5. The zero-order valence-electron chi connectivity index (χ0n) is 17.7. The van der Waals surface area contributed by atoms with E-state index in [-0.39, 0.29) is 23.0 Å².